The molecular formula is C19H16Cl2N2O5S. The van der Waals surface area contributed by atoms with Crippen LogP contribution in [0, 0.1) is 6.92 Å². The molecule has 0 spiro atoms. The zero-order chi connectivity index (χ0) is 21.1. The number of carbonyl (C=O) groups excluding carboxylic acids is 2. The van der Waals surface area contributed by atoms with Crippen molar-refractivity contribution in [3.8, 4) is 0 Å². The summed E-state index contributed by atoms with van der Waals surface area (Å²) < 4.78 is 11.2. The van der Waals surface area contributed by atoms with Gasteiger partial charge in [0.2, 0.25) is 0 Å². The first kappa shape index (κ1) is 21.4. The van der Waals surface area contributed by atoms with Crippen LogP contribution in [0.25, 0.3) is 10.2 Å². The van der Waals surface area contributed by atoms with Gasteiger partial charge in [-0.1, -0.05) is 23.2 Å². The molecule has 0 N–H and O–H groups in total. The molecule has 7 nitrogen and oxygen atoms in total. The van der Waals surface area contributed by atoms with E-state index in [0.717, 1.165) is 11.3 Å². The molecule has 3 rings (SSSR count). The Labute approximate surface area is 179 Å². The highest BCUT2D eigenvalue weighted by atomic mass is 35.5. The lowest BCUT2D eigenvalue weighted by atomic mass is 10.1. The summed E-state index contributed by atoms with van der Waals surface area (Å²) in [6.45, 7) is 1.79. The first-order valence-electron chi connectivity index (χ1n) is 8.46. The van der Waals surface area contributed by atoms with Crippen molar-refractivity contribution in [1.29, 1.82) is 0 Å². The van der Waals surface area contributed by atoms with Crippen LogP contribution in [-0.2, 0) is 16.0 Å². The van der Waals surface area contributed by atoms with Crippen LogP contribution in [0.5, 0.6) is 0 Å². The maximum atomic E-state index is 12.9. The van der Waals surface area contributed by atoms with Crippen molar-refractivity contribution in [2.24, 2.45) is 0 Å². The maximum absolute atomic E-state index is 12.9. The highest BCUT2D eigenvalue weighted by molar-refractivity contribution is 7.20. The number of hydrogen-bond acceptors (Lipinski definition) is 7. The molecule has 3 aromatic rings. The van der Waals surface area contributed by atoms with Gasteiger partial charge in [0, 0.05) is 17.7 Å². The molecule has 0 saturated carbocycles. The van der Waals surface area contributed by atoms with E-state index in [1.54, 1.807) is 13.0 Å². The van der Waals surface area contributed by atoms with Gasteiger partial charge in [0.25, 0.3) is 5.56 Å². The van der Waals surface area contributed by atoms with E-state index in [9.17, 15) is 14.4 Å². The van der Waals surface area contributed by atoms with Crippen LogP contribution in [0.1, 0.15) is 25.6 Å². The Kier molecular flexibility index (Phi) is 6.69. The molecule has 0 radical (unpaired) electrons. The Hall–Kier alpha value is -2.26. The predicted octanol–water partition coefficient (Wildman–Crippen LogP) is 3.76. The summed E-state index contributed by atoms with van der Waals surface area (Å²) in [5.74, 6) is -0.903. The molecule has 2 heterocycles. The fourth-order valence-corrected chi connectivity index (χ4v) is 4.25. The van der Waals surface area contributed by atoms with Crippen molar-refractivity contribution in [3.05, 3.63) is 60.9 Å². The molecule has 2 aromatic heterocycles. The lowest BCUT2D eigenvalue weighted by Gasteiger charge is -2.07. The number of benzene rings is 1. The third-order valence-corrected chi connectivity index (χ3v) is 5.90. The number of Topliss-reactive ketones (excluding diaryl/α,β-unsaturated/α-hetero) is 1. The van der Waals surface area contributed by atoms with Crippen LogP contribution < -0.4 is 5.56 Å². The van der Waals surface area contributed by atoms with E-state index in [1.165, 1.54) is 30.1 Å². The van der Waals surface area contributed by atoms with Crippen molar-refractivity contribution in [2.45, 2.75) is 13.5 Å². The van der Waals surface area contributed by atoms with E-state index in [4.69, 9.17) is 32.7 Å². The topological polar surface area (TPSA) is 87.5 Å². The highest BCUT2D eigenvalue weighted by Gasteiger charge is 2.21. The molecule has 0 aliphatic heterocycles. The van der Waals surface area contributed by atoms with Crippen molar-refractivity contribution in [2.75, 3.05) is 20.3 Å². The molecular weight excluding hydrogens is 439 g/mol. The number of aryl methyl sites for hydroxylation is 1. The van der Waals surface area contributed by atoms with Gasteiger partial charge in [0.1, 0.15) is 16.3 Å². The summed E-state index contributed by atoms with van der Waals surface area (Å²) in [7, 11) is 1.50. The minimum Gasteiger partial charge on any atom is -0.459 e. The summed E-state index contributed by atoms with van der Waals surface area (Å²) in [5, 5.41) is 0.897. The maximum Gasteiger partial charge on any atom is 0.348 e. The van der Waals surface area contributed by atoms with Crippen LogP contribution in [0.4, 0.5) is 0 Å². The van der Waals surface area contributed by atoms with Gasteiger partial charge in [0.15, 0.2) is 5.78 Å². The van der Waals surface area contributed by atoms with E-state index in [2.05, 4.69) is 4.98 Å². The van der Waals surface area contributed by atoms with Crippen molar-refractivity contribution >= 4 is 56.5 Å². The summed E-state index contributed by atoms with van der Waals surface area (Å²) in [4.78, 5) is 42.7. The molecule has 1 aromatic carbocycles. The van der Waals surface area contributed by atoms with Crippen LogP contribution >= 0.6 is 34.5 Å². The van der Waals surface area contributed by atoms with Gasteiger partial charge in [-0.15, -0.1) is 11.3 Å². The first-order valence-corrected chi connectivity index (χ1v) is 10.0. The Bertz CT molecular complexity index is 1160. The second kappa shape index (κ2) is 9.04. The highest BCUT2D eigenvalue weighted by Crippen LogP contribution is 2.27. The average Bonchev–Trinajstić information content (AvgIpc) is 3.01. The first-order chi connectivity index (χ1) is 13.8. The zero-order valence-electron chi connectivity index (χ0n) is 15.5. The third-order valence-electron chi connectivity index (χ3n) is 4.17. The van der Waals surface area contributed by atoms with E-state index >= 15 is 0 Å². The van der Waals surface area contributed by atoms with E-state index in [-0.39, 0.29) is 41.5 Å². The molecule has 152 valence electrons. The lowest BCUT2D eigenvalue weighted by molar-refractivity contribution is 0.0393. The van der Waals surface area contributed by atoms with Crippen LogP contribution in [0.2, 0.25) is 10.0 Å². The Morgan fingerprint density at radius 2 is 2.00 bits per heavy atom. The Balaban J connectivity index is 1.91. The quantitative estimate of drug-likeness (QED) is 0.306. The van der Waals surface area contributed by atoms with Crippen LogP contribution in [-0.4, -0.2) is 41.6 Å². The van der Waals surface area contributed by atoms with Crippen molar-refractivity contribution in [3.63, 3.8) is 0 Å². The van der Waals surface area contributed by atoms with Crippen LogP contribution in [0.15, 0.2) is 29.3 Å². The smallest absolute Gasteiger partial charge is 0.348 e. The standard InChI is InChI=1S/C19H16Cl2N2O5S/c1-10-15-17(29-16(10)19(26)28-6-5-27-2)22-9-23(18(15)25)8-14(24)12-4-3-11(20)7-13(12)21/h3-4,7,9H,5-6,8H2,1-2H3. The lowest BCUT2D eigenvalue weighted by Crippen LogP contribution is -2.24. The minimum atomic E-state index is -0.544. The molecule has 0 amide bonds. The Morgan fingerprint density at radius 3 is 2.69 bits per heavy atom. The molecule has 0 fully saturated rings. The largest absolute Gasteiger partial charge is 0.459 e. The van der Waals surface area contributed by atoms with Gasteiger partial charge < -0.3 is 9.47 Å². The number of aromatic nitrogens is 2. The van der Waals surface area contributed by atoms with E-state index in [0.29, 0.717) is 20.3 Å². The second-order valence-corrected chi connectivity index (χ2v) is 7.93. The molecule has 0 aliphatic carbocycles. The fourth-order valence-electron chi connectivity index (χ4n) is 2.71. The fraction of sp³-hybridized carbons (Fsp3) is 0.263. The molecule has 0 atom stereocenters. The Morgan fingerprint density at radius 1 is 1.24 bits per heavy atom. The number of fused-ring (bicyclic) bond motifs is 1. The van der Waals surface area contributed by atoms with Gasteiger partial charge in [-0.2, -0.15) is 0 Å². The normalized spacial score (nSPS) is 11.0. The monoisotopic (exact) mass is 454 g/mol. The third kappa shape index (κ3) is 4.51. The number of nitrogens with zero attached hydrogens (tertiary/aromatic N) is 2. The number of ether oxygens (including phenoxy) is 2. The van der Waals surface area contributed by atoms with Gasteiger partial charge in [0.05, 0.1) is 29.9 Å². The van der Waals surface area contributed by atoms with Gasteiger partial charge in [-0.25, -0.2) is 9.78 Å². The molecule has 0 saturated heterocycles. The van der Waals surface area contributed by atoms with Gasteiger partial charge in [-0.3, -0.25) is 14.2 Å². The van der Waals surface area contributed by atoms with E-state index in [1.807, 2.05) is 0 Å². The minimum absolute atomic E-state index is 0.108. The zero-order valence-corrected chi connectivity index (χ0v) is 17.9. The molecule has 29 heavy (non-hydrogen) atoms. The second-order valence-electron chi connectivity index (χ2n) is 6.09. The number of rotatable bonds is 7. The summed E-state index contributed by atoms with van der Waals surface area (Å²) in [5.41, 5.74) is 0.307. The number of halogens is 2. The number of thiophene rings is 1. The SMILES string of the molecule is COCCOC(=O)c1sc2ncn(CC(=O)c3ccc(Cl)cc3Cl)c(=O)c2c1C. The number of methoxy groups -OCH3 is 1. The molecule has 0 aliphatic rings. The number of ketones is 1. The molecule has 0 unspecified atom stereocenters. The van der Waals surface area contributed by atoms with Crippen molar-refractivity contribution in [1.82, 2.24) is 9.55 Å². The molecule has 0 bridgehead atoms. The summed E-state index contributed by atoms with van der Waals surface area (Å²) in [6, 6.07) is 4.52. The number of carbonyl (C=O) groups is 2. The van der Waals surface area contributed by atoms with Gasteiger partial charge >= 0.3 is 5.97 Å². The summed E-state index contributed by atoms with van der Waals surface area (Å²) in [6.07, 6.45) is 1.28. The van der Waals surface area contributed by atoms with Crippen LogP contribution in [0.3, 0.4) is 0 Å². The van der Waals surface area contributed by atoms with E-state index < -0.39 is 11.5 Å². The van der Waals surface area contributed by atoms with Gasteiger partial charge in [-0.05, 0) is 30.7 Å². The number of hydrogen-bond donors (Lipinski definition) is 0. The average molecular weight is 455 g/mol. The predicted molar refractivity (Wildman–Crippen MR) is 112 cm³/mol. The molecule has 10 heteroatoms. The number of esters is 1. The summed E-state index contributed by atoms with van der Waals surface area (Å²) >= 11 is 13.0. The van der Waals surface area contributed by atoms with Crippen molar-refractivity contribution < 1.29 is 19.1 Å².